The molecule has 0 bridgehead atoms. The van der Waals surface area contributed by atoms with Crippen molar-refractivity contribution in [3.63, 3.8) is 0 Å². The summed E-state index contributed by atoms with van der Waals surface area (Å²) in [6.45, 7) is 1.29. The topological polar surface area (TPSA) is 73.1 Å². The van der Waals surface area contributed by atoms with Gasteiger partial charge in [-0.1, -0.05) is 0 Å². The zero-order valence-corrected chi connectivity index (χ0v) is 18.4. The van der Waals surface area contributed by atoms with E-state index in [4.69, 9.17) is 5.26 Å². The lowest BCUT2D eigenvalue weighted by Crippen LogP contribution is -2.42. The second kappa shape index (κ2) is 9.87. The van der Waals surface area contributed by atoms with Crippen LogP contribution in [-0.4, -0.2) is 22.4 Å². The van der Waals surface area contributed by atoms with Gasteiger partial charge in [0.1, 0.15) is 5.60 Å². The Labute approximate surface area is 185 Å². The first-order valence-electron chi connectivity index (χ1n) is 7.56. The maximum absolute atomic E-state index is 13.0. The molecule has 0 aliphatic rings. The van der Waals surface area contributed by atoms with Gasteiger partial charge >= 0.3 is 6.18 Å². The van der Waals surface area contributed by atoms with Gasteiger partial charge in [-0.05, 0) is 72.0 Å². The summed E-state index contributed by atoms with van der Waals surface area (Å²) in [5, 5.41) is 21.5. The first-order valence-corrected chi connectivity index (χ1v) is 9.63. The maximum Gasteiger partial charge on any atom is 0.417 e. The molecule has 0 aliphatic carbocycles. The molecule has 4 nitrogen and oxygen atoms in total. The Morgan fingerprint density at radius 2 is 1.86 bits per heavy atom. The lowest BCUT2D eigenvalue weighted by Gasteiger charge is -2.22. The van der Waals surface area contributed by atoms with Crippen LogP contribution in [0.25, 0.3) is 0 Å². The number of halogens is 4. The number of thioether (sulfide) groups is 1. The lowest BCUT2D eigenvalue weighted by molar-refractivity contribution is -0.137. The average molecular weight is 540 g/mol. The fourth-order valence-electron chi connectivity index (χ4n) is 2.04. The summed E-state index contributed by atoms with van der Waals surface area (Å²) < 4.78 is 40.1. The number of hydrogen-bond acceptors (Lipinski definition) is 4. The second-order valence-corrected chi connectivity index (χ2v) is 8.13. The van der Waals surface area contributed by atoms with E-state index in [1.165, 1.54) is 30.8 Å². The summed E-state index contributed by atoms with van der Waals surface area (Å²) >= 11 is 3.41. The number of nitriles is 1. The van der Waals surface area contributed by atoms with Crippen LogP contribution in [0.5, 0.6) is 0 Å². The number of anilines is 1. The minimum atomic E-state index is -4.73. The number of alkyl halides is 3. The van der Waals surface area contributed by atoms with Crippen LogP contribution in [0.4, 0.5) is 18.9 Å². The van der Waals surface area contributed by atoms with Crippen LogP contribution in [0, 0.1) is 14.9 Å². The molecule has 10 heteroatoms. The van der Waals surface area contributed by atoms with E-state index in [9.17, 15) is 23.1 Å². The number of amides is 1. The number of carbonyl (C=O) groups excluding carboxylic acids is 1. The van der Waals surface area contributed by atoms with E-state index in [1.807, 2.05) is 24.3 Å². The molecule has 2 N–H and O–H groups in total. The van der Waals surface area contributed by atoms with Gasteiger partial charge in [0.15, 0.2) is 0 Å². The first-order chi connectivity index (χ1) is 12.5. The van der Waals surface area contributed by atoms with Crippen molar-refractivity contribution in [2.24, 2.45) is 0 Å². The molecule has 2 aromatic carbocycles. The Hall–Kier alpha value is -1.42. The third-order valence-corrected chi connectivity index (χ3v) is 5.56. The molecule has 0 aliphatic heterocycles. The van der Waals surface area contributed by atoms with Gasteiger partial charge < -0.3 is 10.4 Å². The Kier molecular flexibility index (Phi) is 8.67. The Balaban J connectivity index is 0.00000392. The first kappa shape index (κ1) is 24.6. The van der Waals surface area contributed by atoms with Crippen LogP contribution in [0.2, 0.25) is 0 Å². The van der Waals surface area contributed by atoms with Gasteiger partial charge in [0, 0.05) is 19.9 Å². The fraction of sp³-hybridized carbons (Fsp3) is 0.222. The summed E-state index contributed by atoms with van der Waals surface area (Å²) in [6.07, 6.45) is -4.73. The Morgan fingerprint density at radius 1 is 1.25 bits per heavy atom. The van der Waals surface area contributed by atoms with Crippen molar-refractivity contribution < 1.29 is 23.1 Å². The fourth-order valence-corrected chi connectivity index (χ4v) is 3.31. The number of aliphatic hydroxyl groups is 1. The molecule has 0 saturated carbocycles. The summed E-state index contributed by atoms with van der Waals surface area (Å²) in [4.78, 5) is 13.2. The minimum Gasteiger partial charge on any atom is -0.379 e. The number of hydrogen-bond donors (Lipinski definition) is 2. The Bertz CT molecular complexity index is 882. The highest BCUT2D eigenvalue weighted by atomic mass is 127. The number of nitrogens with one attached hydrogen (secondary N) is 1. The molecule has 2 aromatic rings. The number of nitrogens with zero attached hydrogens (tertiary/aromatic N) is 1. The number of carbonyl (C=O) groups is 1. The van der Waals surface area contributed by atoms with E-state index in [0.717, 1.165) is 14.5 Å². The van der Waals surface area contributed by atoms with E-state index < -0.39 is 28.8 Å². The maximum atomic E-state index is 13.0. The van der Waals surface area contributed by atoms with Crippen molar-refractivity contribution >= 4 is 59.4 Å². The highest BCUT2D eigenvalue weighted by Gasteiger charge is 2.35. The average Bonchev–Trinajstić information content (AvgIpc) is 2.60. The van der Waals surface area contributed by atoms with Gasteiger partial charge in [0.25, 0.3) is 5.91 Å². The zero-order valence-electron chi connectivity index (χ0n) is 14.5. The molecule has 28 heavy (non-hydrogen) atoms. The molecule has 150 valence electrons. The van der Waals surface area contributed by atoms with Gasteiger partial charge in [-0.25, -0.2) is 0 Å². The molecular formula is C18H16F3IN2O2S2. The van der Waals surface area contributed by atoms with Gasteiger partial charge in [0.05, 0.1) is 17.2 Å². The largest absolute Gasteiger partial charge is 0.417 e. The van der Waals surface area contributed by atoms with Crippen molar-refractivity contribution in [3.8, 4) is 6.07 Å². The SMILES string of the molecule is C[C@@](O)(CSc1ccc(I)cc1)C(=O)Nc1ccc(C#N)c(C(F)(F)F)c1.S. The molecule has 0 radical (unpaired) electrons. The number of benzene rings is 2. The third kappa shape index (κ3) is 6.58. The number of rotatable bonds is 5. The monoisotopic (exact) mass is 540 g/mol. The molecule has 2 rings (SSSR count). The molecular weight excluding hydrogens is 524 g/mol. The Morgan fingerprint density at radius 3 is 2.39 bits per heavy atom. The summed E-state index contributed by atoms with van der Waals surface area (Å²) in [6, 6.07) is 11.8. The molecule has 0 saturated heterocycles. The van der Waals surface area contributed by atoms with E-state index in [-0.39, 0.29) is 24.9 Å². The predicted molar refractivity (Wildman–Crippen MR) is 116 cm³/mol. The van der Waals surface area contributed by atoms with Crippen LogP contribution in [0.15, 0.2) is 47.4 Å². The van der Waals surface area contributed by atoms with E-state index >= 15 is 0 Å². The van der Waals surface area contributed by atoms with Crippen molar-refractivity contribution in [2.45, 2.75) is 23.6 Å². The molecule has 0 spiro atoms. The van der Waals surface area contributed by atoms with Crippen LogP contribution in [0.3, 0.4) is 0 Å². The van der Waals surface area contributed by atoms with Crippen molar-refractivity contribution in [1.29, 1.82) is 5.26 Å². The summed E-state index contributed by atoms with van der Waals surface area (Å²) in [5.41, 5.74) is -3.64. The van der Waals surface area contributed by atoms with Gasteiger partial charge in [-0.3, -0.25) is 4.79 Å². The van der Waals surface area contributed by atoms with E-state index in [2.05, 4.69) is 27.9 Å². The standard InChI is InChI=1S/C18H14F3IN2O2S.H2S/c1-17(26,10-27-14-6-3-12(22)4-7-14)16(25)24-13-5-2-11(9-23)15(8-13)18(19,20)21;/h2-8,26H,10H2,1H3,(H,24,25);1H2/t17-;/m1./s1. The van der Waals surface area contributed by atoms with Crippen LogP contribution >= 0.6 is 47.8 Å². The smallest absolute Gasteiger partial charge is 0.379 e. The van der Waals surface area contributed by atoms with Gasteiger partial charge in [-0.15, -0.1) is 11.8 Å². The second-order valence-electron chi connectivity index (χ2n) is 5.84. The third-order valence-electron chi connectivity index (χ3n) is 3.53. The van der Waals surface area contributed by atoms with E-state index in [1.54, 1.807) is 0 Å². The zero-order chi connectivity index (χ0) is 20.2. The normalized spacial score (nSPS) is 13.0. The van der Waals surface area contributed by atoms with Crippen molar-refractivity contribution in [3.05, 3.63) is 57.2 Å². The molecule has 1 amide bonds. The van der Waals surface area contributed by atoms with Gasteiger partial charge in [-0.2, -0.15) is 31.9 Å². The molecule has 0 fully saturated rings. The predicted octanol–water partition coefficient (Wildman–Crippen LogP) is 4.78. The van der Waals surface area contributed by atoms with Crippen molar-refractivity contribution in [2.75, 3.05) is 11.1 Å². The van der Waals surface area contributed by atoms with Crippen LogP contribution in [0.1, 0.15) is 18.1 Å². The van der Waals surface area contributed by atoms with Crippen LogP contribution in [-0.2, 0) is 11.0 Å². The lowest BCUT2D eigenvalue weighted by atomic mass is 10.1. The quantitative estimate of drug-likeness (QED) is 0.423. The summed E-state index contributed by atoms with van der Waals surface area (Å²) in [5.74, 6) is -0.819. The highest BCUT2D eigenvalue weighted by Crippen LogP contribution is 2.34. The molecule has 0 unspecified atom stereocenters. The molecule has 0 heterocycles. The van der Waals surface area contributed by atoms with Crippen LogP contribution < -0.4 is 5.32 Å². The van der Waals surface area contributed by atoms with Crippen molar-refractivity contribution in [1.82, 2.24) is 0 Å². The molecule has 0 aromatic heterocycles. The van der Waals surface area contributed by atoms with E-state index in [0.29, 0.717) is 6.07 Å². The minimum absolute atomic E-state index is 0. The highest BCUT2D eigenvalue weighted by molar-refractivity contribution is 14.1. The molecule has 1 atom stereocenters. The summed E-state index contributed by atoms with van der Waals surface area (Å²) in [7, 11) is 0. The van der Waals surface area contributed by atoms with Gasteiger partial charge in [0.2, 0.25) is 0 Å².